The Morgan fingerprint density at radius 2 is 1.84 bits per heavy atom. The third kappa shape index (κ3) is 2.13. The van der Waals surface area contributed by atoms with Crippen molar-refractivity contribution in [2.75, 3.05) is 0 Å². The first-order valence-corrected chi connectivity index (χ1v) is 6.28. The lowest BCUT2D eigenvalue weighted by Crippen LogP contribution is -2.09. The number of fused-ring (bicyclic) bond motifs is 1. The minimum absolute atomic E-state index is 0.217. The fraction of sp³-hybridized carbons (Fsp3) is 0.0667. The predicted octanol–water partition coefficient (Wildman–Crippen LogP) is 3.55. The number of aryl methyl sites for hydroxylation is 1. The molecule has 2 aromatic carbocycles. The molecule has 1 N–H and O–H groups in total. The van der Waals surface area contributed by atoms with E-state index in [1.165, 1.54) is 0 Å². The smallest absolute Gasteiger partial charge is 0.260 e. The van der Waals surface area contributed by atoms with Gasteiger partial charge in [-0.15, -0.1) is 0 Å². The van der Waals surface area contributed by atoms with Gasteiger partial charge in [0.15, 0.2) is 0 Å². The molecular weight excluding hydrogens is 260 g/mol. The Kier molecular flexibility index (Phi) is 2.84. The van der Waals surface area contributed by atoms with E-state index in [0.29, 0.717) is 21.7 Å². The Labute approximate surface area is 114 Å². The van der Waals surface area contributed by atoms with Gasteiger partial charge in [-0.25, -0.2) is 4.98 Å². The van der Waals surface area contributed by atoms with Gasteiger partial charge in [0.25, 0.3) is 5.56 Å². The second kappa shape index (κ2) is 4.52. The summed E-state index contributed by atoms with van der Waals surface area (Å²) in [4.78, 5) is 19.3. The summed E-state index contributed by atoms with van der Waals surface area (Å²) >= 11 is 6.02. The largest absolute Gasteiger partial charge is 0.306 e. The number of hydrogen-bond donors (Lipinski definition) is 1. The summed E-state index contributed by atoms with van der Waals surface area (Å²) in [5.41, 5.74) is 2.43. The Morgan fingerprint density at radius 3 is 2.58 bits per heavy atom. The van der Waals surface area contributed by atoms with Crippen LogP contribution in [0.5, 0.6) is 0 Å². The second-order valence-corrected chi connectivity index (χ2v) is 4.82. The van der Waals surface area contributed by atoms with Gasteiger partial charge >= 0.3 is 0 Å². The summed E-state index contributed by atoms with van der Waals surface area (Å²) in [5.74, 6) is 0.555. The van der Waals surface area contributed by atoms with Crippen LogP contribution in [0.15, 0.2) is 47.3 Å². The molecule has 0 amide bonds. The standard InChI is InChI=1S/C15H11ClN2O/c1-9-5-7-10(8-6-9)14-17-12-4-2-3-11(16)13(12)15(19)18-14/h2-8H,1H3,(H,17,18,19). The van der Waals surface area contributed by atoms with Crippen LogP contribution in [0.25, 0.3) is 22.3 Å². The molecule has 19 heavy (non-hydrogen) atoms. The average Bonchev–Trinajstić information content (AvgIpc) is 2.39. The fourth-order valence-corrected chi connectivity index (χ4v) is 2.25. The molecule has 0 saturated carbocycles. The number of hydrogen-bond acceptors (Lipinski definition) is 2. The molecule has 0 aliphatic heterocycles. The summed E-state index contributed by atoms with van der Waals surface area (Å²) in [7, 11) is 0. The van der Waals surface area contributed by atoms with Gasteiger partial charge in [-0.3, -0.25) is 4.79 Å². The lowest BCUT2D eigenvalue weighted by molar-refractivity contribution is 1.18. The molecular formula is C15H11ClN2O. The first kappa shape index (κ1) is 11.9. The lowest BCUT2D eigenvalue weighted by Gasteiger charge is -2.04. The van der Waals surface area contributed by atoms with Crippen molar-refractivity contribution in [3.63, 3.8) is 0 Å². The van der Waals surface area contributed by atoms with Crippen LogP contribution in [-0.2, 0) is 0 Å². The SMILES string of the molecule is Cc1ccc(-c2nc3cccc(Cl)c3c(=O)[nH]2)cc1. The molecule has 3 aromatic rings. The second-order valence-electron chi connectivity index (χ2n) is 4.41. The zero-order valence-corrected chi connectivity index (χ0v) is 11.0. The molecule has 0 aliphatic rings. The predicted molar refractivity (Wildman–Crippen MR) is 77.5 cm³/mol. The highest BCUT2D eigenvalue weighted by atomic mass is 35.5. The summed E-state index contributed by atoms with van der Waals surface area (Å²) < 4.78 is 0. The molecule has 0 radical (unpaired) electrons. The quantitative estimate of drug-likeness (QED) is 0.735. The third-order valence-electron chi connectivity index (χ3n) is 3.01. The lowest BCUT2D eigenvalue weighted by atomic mass is 10.1. The molecule has 3 rings (SSSR count). The van der Waals surface area contributed by atoms with E-state index in [1.807, 2.05) is 31.2 Å². The maximum absolute atomic E-state index is 12.1. The van der Waals surface area contributed by atoms with E-state index in [1.54, 1.807) is 18.2 Å². The number of nitrogens with zero attached hydrogens (tertiary/aromatic N) is 1. The number of H-pyrrole nitrogens is 1. The van der Waals surface area contributed by atoms with Crippen molar-refractivity contribution in [1.82, 2.24) is 9.97 Å². The van der Waals surface area contributed by atoms with Gasteiger partial charge in [-0.1, -0.05) is 47.5 Å². The summed E-state index contributed by atoms with van der Waals surface area (Å²) in [6.07, 6.45) is 0. The van der Waals surface area contributed by atoms with Crippen molar-refractivity contribution in [1.29, 1.82) is 0 Å². The van der Waals surface area contributed by atoms with Crippen molar-refractivity contribution in [3.05, 3.63) is 63.4 Å². The molecule has 0 unspecified atom stereocenters. The van der Waals surface area contributed by atoms with Crippen LogP contribution in [0.1, 0.15) is 5.56 Å². The van der Waals surface area contributed by atoms with E-state index in [9.17, 15) is 4.79 Å². The molecule has 0 fully saturated rings. The van der Waals surface area contributed by atoms with Crippen molar-refractivity contribution >= 4 is 22.5 Å². The summed E-state index contributed by atoms with van der Waals surface area (Å²) in [6.45, 7) is 2.01. The third-order valence-corrected chi connectivity index (χ3v) is 3.32. The van der Waals surface area contributed by atoms with E-state index in [0.717, 1.165) is 11.1 Å². The molecule has 0 atom stereocenters. The Hall–Kier alpha value is -2.13. The number of halogens is 1. The van der Waals surface area contributed by atoms with Crippen LogP contribution in [0, 0.1) is 6.92 Å². The van der Waals surface area contributed by atoms with Crippen LogP contribution >= 0.6 is 11.6 Å². The minimum Gasteiger partial charge on any atom is -0.306 e. The topological polar surface area (TPSA) is 45.8 Å². The first-order valence-electron chi connectivity index (χ1n) is 5.91. The van der Waals surface area contributed by atoms with Crippen molar-refractivity contribution in [2.45, 2.75) is 6.92 Å². The van der Waals surface area contributed by atoms with E-state index >= 15 is 0 Å². The van der Waals surface area contributed by atoms with Gasteiger partial charge < -0.3 is 4.98 Å². The van der Waals surface area contributed by atoms with Crippen LogP contribution in [0.4, 0.5) is 0 Å². The normalized spacial score (nSPS) is 10.8. The van der Waals surface area contributed by atoms with Crippen molar-refractivity contribution in [3.8, 4) is 11.4 Å². The maximum atomic E-state index is 12.1. The van der Waals surface area contributed by atoms with Gasteiger partial charge in [-0.2, -0.15) is 0 Å². The van der Waals surface area contributed by atoms with E-state index in [4.69, 9.17) is 11.6 Å². The highest BCUT2D eigenvalue weighted by Crippen LogP contribution is 2.21. The molecule has 3 nitrogen and oxygen atoms in total. The maximum Gasteiger partial charge on any atom is 0.260 e. The highest BCUT2D eigenvalue weighted by Gasteiger charge is 2.08. The zero-order chi connectivity index (χ0) is 13.4. The average molecular weight is 271 g/mol. The molecule has 1 aromatic heterocycles. The monoisotopic (exact) mass is 270 g/mol. The molecule has 0 aliphatic carbocycles. The van der Waals surface area contributed by atoms with E-state index in [-0.39, 0.29) is 5.56 Å². The molecule has 94 valence electrons. The highest BCUT2D eigenvalue weighted by molar-refractivity contribution is 6.35. The van der Waals surface area contributed by atoms with Crippen LogP contribution < -0.4 is 5.56 Å². The zero-order valence-electron chi connectivity index (χ0n) is 10.3. The summed E-state index contributed by atoms with van der Waals surface area (Å²) in [6, 6.07) is 13.1. The van der Waals surface area contributed by atoms with E-state index < -0.39 is 0 Å². The fourth-order valence-electron chi connectivity index (χ4n) is 2.00. The van der Waals surface area contributed by atoms with Crippen molar-refractivity contribution in [2.24, 2.45) is 0 Å². The molecule has 0 saturated heterocycles. The molecule has 4 heteroatoms. The van der Waals surface area contributed by atoms with Gasteiger partial charge in [-0.05, 0) is 19.1 Å². The van der Waals surface area contributed by atoms with Crippen LogP contribution in [-0.4, -0.2) is 9.97 Å². The van der Waals surface area contributed by atoms with Gasteiger partial charge in [0.2, 0.25) is 0 Å². The van der Waals surface area contributed by atoms with Crippen molar-refractivity contribution < 1.29 is 0 Å². The van der Waals surface area contributed by atoms with Crippen LogP contribution in [0.2, 0.25) is 5.02 Å². The number of aromatic nitrogens is 2. The first-order chi connectivity index (χ1) is 9.15. The Morgan fingerprint density at radius 1 is 1.11 bits per heavy atom. The number of benzene rings is 2. The summed E-state index contributed by atoms with van der Waals surface area (Å²) in [5, 5.41) is 0.849. The van der Waals surface area contributed by atoms with Gasteiger partial charge in [0.05, 0.1) is 15.9 Å². The minimum atomic E-state index is -0.217. The molecule has 0 spiro atoms. The number of rotatable bonds is 1. The van der Waals surface area contributed by atoms with Crippen LogP contribution in [0.3, 0.4) is 0 Å². The Balaban J connectivity index is 2.27. The number of aromatic amines is 1. The van der Waals surface area contributed by atoms with E-state index in [2.05, 4.69) is 9.97 Å². The van der Waals surface area contributed by atoms with Gasteiger partial charge in [0.1, 0.15) is 5.82 Å². The number of nitrogens with one attached hydrogen (secondary N) is 1. The Bertz CT molecular complexity index is 806. The molecule has 0 bridgehead atoms. The van der Waals surface area contributed by atoms with Gasteiger partial charge in [0, 0.05) is 5.56 Å². The molecule has 1 heterocycles.